The topological polar surface area (TPSA) is 58.6 Å². The maximum absolute atomic E-state index is 11.5. The smallest absolute Gasteiger partial charge is 0.325 e. The van der Waals surface area contributed by atoms with Crippen LogP contribution in [0.2, 0.25) is 0 Å². The van der Waals surface area contributed by atoms with Gasteiger partial charge in [0, 0.05) is 6.04 Å². The third-order valence-electron chi connectivity index (χ3n) is 3.68. The van der Waals surface area contributed by atoms with Gasteiger partial charge in [-0.3, -0.25) is 10.1 Å². The number of ether oxygens (including phenoxy) is 1. The molecule has 2 rings (SSSR count). The second-order valence-corrected chi connectivity index (χ2v) is 5.05. The molecule has 1 fully saturated rings. The molecule has 4 heteroatoms. The van der Waals surface area contributed by atoms with E-state index in [1.165, 1.54) is 19.3 Å². The third kappa shape index (κ3) is 3.70. The number of hydrogen-bond acceptors (Lipinski definition) is 3. The molecule has 2 N–H and O–H groups in total. The Labute approximate surface area is 113 Å². The van der Waals surface area contributed by atoms with Crippen molar-refractivity contribution in [3.63, 3.8) is 0 Å². The Morgan fingerprint density at radius 3 is 2.74 bits per heavy atom. The van der Waals surface area contributed by atoms with Crippen LogP contribution in [0.5, 0.6) is 5.75 Å². The minimum atomic E-state index is -0.834. The molecule has 1 aromatic carbocycles. The average Bonchev–Trinajstić information content (AvgIpc) is 2.45. The van der Waals surface area contributed by atoms with Crippen molar-refractivity contribution < 1.29 is 14.6 Å². The summed E-state index contributed by atoms with van der Waals surface area (Å²) >= 11 is 0. The predicted molar refractivity (Wildman–Crippen MR) is 73.4 cm³/mol. The molecule has 4 nitrogen and oxygen atoms in total. The molecule has 0 heterocycles. The van der Waals surface area contributed by atoms with Crippen LogP contribution in [0.1, 0.15) is 43.7 Å². The summed E-state index contributed by atoms with van der Waals surface area (Å²) in [6.45, 7) is 0. The quantitative estimate of drug-likeness (QED) is 0.857. The molecular formula is C15H21NO3. The van der Waals surface area contributed by atoms with E-state index in [2.05, 4.69) is 5.32 Å². The fourth-order valence-electron chi connectivity index (χ4n) is 2.64. The summed E-state index contributed by atoms with van der Waals surface area (Å²) in [5, 5.41) is 12.7. The number of nitrogens with one attached hydrogen (secondary N) is 1. The predicted octanol–water partition coefficient (Wildman–Crippen LogP) is 2.74. The van der Waals surface area contributed by atoms with Crippen molar-refractivity contribution in [3.8, 4) is 5.75 Å². The number of rotatable bonds is 5. The molecule has 0 amide bonds. The fraction of sp³-hybridized carbons (Fsp3) is 0.533. The van der Waals surface area contributed by atoms with Gasteiger partial charge in [0.2, 0.25) is 0 Å². The van der Waals surface area contributed by atoms with Gasteiger partial charge in [0.1, 0.15) is 11.8 Å². The number of carbonyl (C=O) groups is 1. The lowest BCUT2D eigenvalue weighted by molar-refractivity contribution is -0.140. The van der Waals surface area contributed by atoms with Crippen molar-refractivity contribution in [1.82, 2.24) is 5.32 Å². The van der Waals surface area contributed by atoms with E-state index in [0.717, 1.165) is 18.4 Å². The molecular weight excluding hydrogens is 242 g/mol. The molecule has 104 valence electrons. The first-order valence-corrected chi connectivity index (χ1v) is 6.83. The van der Waals surface area contributed by atoms with Gasteiger partial charge in [0.15, 0.2) is 0 Å². The van der Waals surface area contributed by atoms with Crippen LogP contribution in [0, 0.1) is 0 Å². The third-order valence-corrected chi connectivity index (χ3v) is 3.68. The summed E-state index contributed by atoms with van der Waals surface area (Å²) in [4.78, 5) is 11.5. The van der Waals surface area contributed by atoms with Crippen molar-refractivity contribution in [1.29, 1.82) is 0 Å². The highest BCUT2D eigenvalue weighted by Crippen LogP contribution is 2.24. The summed E-state index contributed by atoms with van der Waals surface area (Å²) in [5.74, 6) is -0.145. The zero-order valence-corrected chi connectivity index (χ0v) is 11.3. The van der Waals surface area contributed by atoms with Gasteiger partial charge in [-0.05, 0) is 30.5 Å². The standard InChI is InChI=1S/C15H21NO3/c1-19-13-9-5-6-11(10-13)14(15(17)18)16-12-7-3-2-4-8-12/h5-6,9-10,12,14,16H,2-4,7-8H2,1H3,(H,17,18). The first-order chi connectivity index (χ1) is 9.20. The van der Waals surface area contributed by atoms with E-state index in [1.807, 2.05) is 18.2 Å². The highest BCUT2D eigenvalue weighted by atomic mass is 16.5. The van der Waals surface area contributed by atoms with E-state index >= 15 is 0 Å². The molecule has 0 spiro atoms. The van der Waals surface area contributed by atoms with Crippen LogP contribution in [0.15, 0.2) is 24.3 Å². The summed E-state index contributed by atoms with van der Waals surface area (Å²) in [6, 6.07) is 6.92. The minimum Gasteiger partial charge on any atom is -0.497 e. The molecule has 1 unspecified atom stereocenters. The van der Waals surface area contributed by atoms with E-state index in [9.17, 15) is 9.90 Å². The Hall–Kier alpha value is -1.55. The Morgan fingerprint density at radius 1 is 1.37 bits per heavy atom. The largest absolute Gasteiger partial charge is 0.497 e. The van der Waals surface area contributed by atoms with Crippen LogP contribution in [-0.2, 0) is 4.79 Å². The monoisotopic (exact) mass is 263 g/mol. The van der Waals surface area contributed by atoms with E-state index in [-0.39, 0.29) is 0 Å². The van der Waals surface area contributed by atoms with Crippen molar-refractivity contribution in [2.75, 3.05) is 7.11 Å². The van der Waals surface area contributed by atoms with Gasteiger partial charge in [-0.2, -0.15) is 0 Å². The average molecular weight is 263 g/mol. The highest BCUT2D eigenvalue weighted by molar-refractivity contribution is 5.75. The van der Waals surface area contributed by atoms with Crippen LogP contribution >= 0.6 is 0 Å². The molecule has 0 bridgehead atoms. The van der Waals surface area contributed by atoms with E-state index in [4.69, 9.17) is 4.74 Å². The van der Waals surface area contributed by atoms with Gasteiger partial charge in [0.05, 0.1) is 7.11 Å². The van der Waals surface area contributed by atoms with Gasteiger partial charge >= 0.3 is 5.97 Å². The van der Waals surface area contributed by atoms with Gasteiger partial charge in [0.25, 0.3) is 0 Å². The summed E-state index contributed by atoms with van der Waals surface area (Å²) in [5.41, 5.74) is 0.748. The van der Waals surface area contributed by atoms with Crippen LogP contribution in [0.4, 0.5) is 0 Å². The lowest BCUT2D eigenvalue weighted by Crippen LogP contribution is -2.38. The number of aliphatic carboxylic acids is 1. The number of methoxy groups -OCH3 is 1. The van der Waals surface area contributed by atoms with Crippen molar-refractivity contribution in [2.45, 2.75) is 44.2 Å². The molecule has 0 aliphatic heterocycles. The Bertz CT molecular complexity index is 427. The molecule has 1 atom stereocenters. The maximum Gasteiger partial charge on any atom is 0.325 e. The maximum atomic E-state index is 11.5. The summed E-state index contributed by atoms with van der Waals surface area (Å²) in [6.07, 6.45) is 5.75. The number of carboxylic acids is 1. The van der Waals surface area contributed by atoms with Crippen molar-refractivity contribution in [2.24, 2.45) is 0 Å². The summed E-state index contributed by atoms with van der Waals surface area (Å²) in [7, 11) is 1.59. The molecule has 0 aromatic heterocycles. The zero-order valence-electron chi connectivity index (χ0n) is 11.3. The zero-order chi connectivity index (χ0) is 13.7. The van der Waals surface area contributed by atoms with Crippen LogP contribution in [0.3, 0.4) is 0 Å². The Kier molecular flexibility index (Phi) is 4.80. The van der Waals surface area contributed by atoms with Gasteiger partial charge in [-0.25, -0.2) is 0 Å². The van der Waals surface area contributed by atoms with Crippen LogP contribution in [0.25, 0.3) is 0 Å². The van der Waals surface area contributed by atoms with Crippen LogP contribution < -0.4 is 10.1 Å². The van der Waals surface area contributed by atoms with Gasteiger partial charge in [-0.15, -0.1) is 0 Å². The van der Waals surface area contributed by atoms with Crippen molar-refractivity contribution >= 4 is 5.97 Å². The normalized spacial score (nSPS) is 17.9. The second kappa shape index (κ2) is 6.57. The SMILES string of the molecule is COc1cccc(C(NC2CCCCC2)C(=O)O)c1. The Morgan fingerprint density at radius 2 is 2.11 bits per heavy atom. The van der Waals surface area contributed by atoms with E-state index < -0.39 is 12.0 Å². The number of hydrogen-bond donors (Lipinski definition) is 2. The highest BCUT2D eigenvalue weighted by Gasteiger charge is 2.24. The lowest BCUT2D eigenvalue weighted by Gasteiger charge is -2.26. The summed E-state index contributed by atoms with van der Waals surface area (Å²) < 4.78 is 5.15. The molecule has 0 saturated heterocycles. The number of carboxylic acid groups (broad SMARTS) is 1. The molecule has 0 radical (unpaired) electrons. The molecule has 1 saturated carbocycles. The lowest BCUT2D eigenvalue weighted by atomic mass is 9.94. The molecule has 1 aliphatic rings. The first kappa shape index (κ1) is 13.9. The van der Waals surface area contributed by atoms with Crippen molar-refractivity contribution in [3.05, 3.63) is 29.8 Å². The Balaban J connectivity index is 2.11. The van der Waals surface area contributed by atoms with E-state index in [1.54, 1.807) is 13.2 Å². The molecule has 19 heavy (non-hydrogen) atoms. The van der Waals surface area contributed by atoms with Gasteiger partial charge in [-0.1, -0.05) is 31.4 Å². The fourth-order valence-corrected chi connectivity index (χ4v) is 2.64. The number of benzene rings is 1. The van der Waals surface area contributed by atoms with Gasteiger partial charge < -0.3 is 9.84 Å². The van der Waals surface area contributed by atoms with E-state index in [0.29, 0.717) is 11.8 Å². The molecule has 1 aliphatic carbocycles. The minimum absolute atomic E-state index is 0.307. The second-order valence-electron chi connectivity index (χ2n) is 5.05. The first-order valence-electron chi connectivity index (χ1n) is 6.83. The van der Waals surface area contributed by atoms with Crippen LogP contribution in [-0.4, -0.2) is 24.2 Å². The molecule has 1 aromatic rings.